The Morgan fingerprint density at radius 3 is 2.68 bits per heavy atom. The fourth-order valence-electron chi connectivity index (χ4n) is 2.55. The van der Waals surface area contributed by atoms with Gasteiger partial charge in [0.05, 0.1) is 12.5 Å². The Hall–Kier alpha value is -2.04. The van der Waals surface area contributed by atoms with E-state index in [0.717, 1.165) is 24.3 Å². The first-order valence-corrected chi connectivity index (χ1v) is 7.96. The fraction of sp³-hybridized carbons (Fsp3) is 0.529. The van der Waals surface area contributed by atoms with Crippen molar-refractivity contribution in [3.63, 3.8) is 0 Å². The van der Waals surface area contributed by atoms with Gasteiger partial charge in [0, 0.05) is 25.2 Å². The summed E-state index contributed by atoms with van der Waals surface area (Å²) in [7, 11) is 0. The molecule has 1 fully saturated rings. The summed E-state index contributed by atoms with van der Waals surface area (Å²) in [6, 6.07) is 7.42. The monoisotopic (exact) mass is 304 g/mol. The van der Waals surface area contributed by atoms with E-state index in [1.54, 1.807) is 4.90 Å². The lowest BCUT2D eigenvalue weighted by molar-refractivity contribution is -0.126. The number of unbranched alkanes of at least 4 members (excludes halogenated alkanes) is 1. The number of rotatable bonds is 7. The number of ether oxygens (including phenoxy) is 1. The third kappa shape index (κ3) is 4.00. The molecule has 2 rings (SSSR count). The average molecular weight is 304 g/mol. The number of carbonyl (C=O) groups excluding carboxylic acids is 2. The zero-order chi connectivity index (χ0) is 15.9. The largest absolute Gasteiger partial charge is 0.494 e. The molecular formula is C17H24N2O3. The third-order valence-corrected chi connectivity index (χ3v) is 3.78. The summed E-state index contributed by atoms with van der Waals surface area (Å²) in [5.74, 6) is 0.512. The van der Waals surface area contributed by atoms with E-state index < -0.39 is 0 Å². The topological polar surface area (TPSA) is 58.6 Å². The summed E-state index contributed by atoms with van der Waals surface area (Å²) in [6.07, 6.45) is 2.29. The summed E-state index contributed by atoms with van der Waals surface area (Å²) in [5.41, 5.74) is 0.817. The van der Waals surface area contributed by atoms with Crippen molar-refractivity contribution in [2.75, 3.05) is 24.6 Å². The van der Waals surface area contributed by atoms with Crippen molar-refractivity contribution in [3.8, 4) is 5.75 Å². The van der Waals surface area contributed by atoms with Gasteiger partial charge in [-0.3, -0.25) is 9.59 Å². The first kappa shape index (κ1) is 16.3. The Bertz CT molecular complexity index is 513. The van der Waals surface area contributed by atoms with Gasteiger partial charge in [-0.1, -0.05) is 13.3 Å². The van der Waals surface area contributed by atoms with Crippen molar-refractivity contribution in [3.05, 3.63) is 24.3 Å². The lowest BCUT2D eigenvalue weighted by Gasteiger charge is -2.17. The molecule has 0 bridgehead atoms. The van der Waals surface area contributed by atoms with Gasteiger partial charge in [-0.15, -0.1) is 0 Å². The minimum absolute atomic E-state index is 0.000184. The van der Waals surface area contributed by atoms with Gasteiger partial charge in [-0.25, -0.2) is 0 Å². The normalized spacial score (nSPS) is 17.6. The molecule has 1 heterocycles. The van der Waals surface area contributed by atoms with Crippen LogP contribution in [0.2, 0.25) is 0 Å². The van der Waals surface area contributed by atoms with Crippen molar-refractivity contribution in [1.82, 2.24) is 5.32 Å². The summed E-state index contributed by atoms with van der Waals surface area (Å²) in [6.45, 7) is 5.76. The number of benzene rings is 1. The van der Waals surface area contributed by atoms with E-state index in [0.29, 0.717) is 19.7 Å². The van der Waals surface area contributed by atoms with Crippen LogP contribution >= 0.6 is 0 Å². The molecule has 120 valence electrons. The molecule has 5 heteroatoms. The SMILES string of the molecule is CCCCNC(=O)C1CC(=O)N(c2ccc(OCC)cc2)C1. The summed E-state index contributed by atoms with van der Waals surface area (Å²) in [5, 5.41) is 2.91. The predicted octanol–water partition coefficient (Wildman–Crippen LogP) is 2.35. The zero-order valence-electron chi connectivity index (χ0n) is 13.3. The maximum Gasteiger partial charge on any atom is 0.227 e. The second kappa shape index (κ2) is 7.82. The number of nitrogens with one attached hydrogen (secondary N) is 1. The standard InChI is InChI=1S/C17H24N2O3/c1-3-5-10-18-17(21)13-11-16(20)19(12-13)14-6-8-15(9-7-14)22-4-2/h6-9,13H,3-5,10-12H2,1-2H3,(H,18,21). The first-order chi connectivity index (χ1) is 10.7. The lowest BCUT2D eigenvalue weighted by atomic mass is 10.1. The summed E-state index contributed by atoms with van der Waals surface area (Å²) < 4.78 is 5.40. The highest BCUT2D eigenvalue weighted by atomic mass is 16.5. The van der Waals surface area contributed by atoms with Crippen LogP contribution in [0.4, 0.5) is 5.69 Å². The molecular weight excluding hydrogens is 280 g/mol. The first-order valence-electron chi connectivity index (χ1n) is 7.96. The molecule has 1 N–H and O–H groups in total. The molecule has 0 aliphatic carbocycles. The number of hydrogen-bond donors (Lipinski definition) is 1. The highest BCUT2D eigenvalue weighted by Gasteiger charge is 2.34. The smallest absolute Gasteiger partial charge is 0.227 e. The molecule has 1 unspecified atom stereocenters. The molecule has 1 saturated heterocycles. The van der Waals surface area contributed by atoms with Gasteiger partial charge in [-0.2, -0.15) is 0 Å². The molecule has 22 heavy (non-hydrogen) atoms. The molecule has 0 saturated carbocycles. The van der Waals surface area contributed by atoms with E-state index in [4.69, 9.17) is 4.74 Å². The van der Waals surface area contributed by atoms with Gasteiger partial charge in [0.25, 0.3) is 0 Å². The van der Waals surface area contributed by atoms with Crippen LogP contribution in [0.1, 0.15) is 33.1 Å². The van der Waals surface area contributed by atoms with Crippen LogP contribution in [0.25, 0.3) is 0 Å². The minimum atomic E-state index is -0.254. The third-order valence-electron chi connectivity index (χ3n) is 3.78. The van der Waals surface area contributed by atoms with E-state index >= 15 is 0 Å². The molecule has 1 aromatic carbocycles. The number of hydrogen-bond acceptors (Lipinski definition) is 3. The van der Waals surface area contributed by atoms with Crippen molar-refractivity contribution < 1.29 is 14.3 Å². The molecule has 0 aromatic heterocycles. The van der Waals surface area contributed by atoms with E-state index in [-0.39, 0.29) is 24.2 Å². The molecule has 0 spiro atoms. The molecule has 1 aliphatic rings. The molecule has 1 aromatic rings. The molecule has 2 amide bonds. The van der Waals surface area contributed by atoms with Crippen molar-refractivity contribution in [2.45, 2.75) is 33.1 Å². The quantitative estimate of drug-likeness (QED) is 0.787. The van der Waals surface area contributed by atoms with E-state index in [9.17, 15) is 9.59 Å². The lowest BCUT2D eigenvalue weighted by Crippen LogP contribution is -2.33. The van der Waals surface area contributed by atoms with Crippen molar-refractivity contribution in [2.24, 2.45) is 5.92 Å². The van der Waals surface area contributed by atoms with Gasteiger partial charge in [0.1, 0.15) is 5.75 Å². The van der Waals surface area contributed by atoms with E-state index in [1.807, 2.05) is 31.2 Å². The number of carbonyl (C=O) groups is 2. The van der Waals surface area contributed by atoms with Crippen LogP contribution < -0.4 is 15.0 Å². The number of nitrogens with zero attached hydrogens (tertiary/aromatic N) is 1. The Morgan fingerprint density at radius 2 is 2.05 bits per heavy atom. The van der Waals surface area contributed by atoms with Crippen LogP contribution in [0, 0.1) is 5.92 Å². The van der Waals surface area contributed by atoms with Crippen molar-refractivity contribution >= 4 is 17.5 Å². The van der Waals surface area contributed by atoms with Crippen molar-refractivity contribution in [1.29, 1.82) is 0 Å². The Balaban J connectivity index is 1.95. The Kier molecular flexibility index (Phi) is 5.81. The maximum absolute atomic E-state index is 12.1. The van der Waals surface area contributed by atoms with Crippen LogP contribution in [-0.2, 0) is 9.59 Å². The van der Waals surface area contributed by atoms with E-state index in [2.05, 4.69) is 12.2 Å². The molecule has 1 aliphatic heterocycles. The highest BCUT2D eigenvalue weighted by molar-refractivity contribution is 6.00. The second-order valence-electron chi connectivity index (χ2n) is 5.48. The van der Waals surface area contributed by atoms with Gasteiger partial charge in [0.2, 0.25) is 11.8 Å². The van der Waals surface area contributed by atoms with Crippen LogP contribution in [0.15, 0.2) is 24.3 Å². The summed E-state index contributed by atoms with van der Waals surface area (Å²) in [4.78, 5) is 25.9. The van der Waals surface area contributed by atoms with Gasteiger partial charge in [0.15, 0.2) is 0 Å². The maximum atomic E-state index is 12.1. The highest BCUT2D eigenvalue weighted by Crippen LogP contribution is 2.27. The van der Waals surface area contributed by atoms with Crippen LogP contribution in [0.5, 0.6) is 5.75 Å². The predicted molar refractivity (Wildman–Crippen MR) is 86.0 cm³/mol. The number of amides is 2. The van der Waals surface area contributed by atoms with Crippen LogP contribution in [-0.4, -0.2) is 31.5 Å². The molecule has 1 atom stereocenters. The zero-order valence-corrected chi connectivity index (χ0v) is 13.3. The molecule has 0 radical (unpaired) electrons. The Labute approximate surface area is 131 Å². The Morgan fingerprint density at radius 1 is 1.32 bits per heavy atom. The van der Waals surface area contributed by atoms with Gasteiger partial charge < -0.3 is 15.0 Å². The van der Waals surface area contributed by atoms with E-state index in [1.165, 1.54) is 0 Å². The fourth-order valence-corrected chi connectivity index (χ4v) is 2.55. The molecule has 5 nitrogen and oxygen atoms in total. The summed E-state index contributed by atoms with van der Waals surface area (Å²) >= 11 is 0. The average Bonchev–Trinajstić information content (AvgIpc) is 2.91. The second-order valence-corrected chi connectivity index (χ2v) is 5.48. The van der Waals surface area contributed by atoms with Gasteiger partial charge in [-0.05, 0) is 37.6 Å². The van der Waals surface area contributed by atoms with Crippen LogP contribution in [0.3, 0.4) is 0 Å². The minimum Gasteiger partial charge on any atom is -0.494 e. The number of anilines is 1. The van der Waals surface area contributed by atoms with Gasteiger partial charge >= 0.3 is 0 Å².